The van der Waals surface area contributed by atoms with Gasteiger partial charge < -0.3 is 11.1 Å². The molecule has 0 aliphatic rings. The molecule has 0 aliphatic heterocycles. The summed E-state index contributed by atoms with van der Waals surface area (Å²) in [7, 11) is -3.66. The smallest absolute Gasteiger partial charge is 0.238 e. The first-order valence-electron chi connectivity index (χ1n) is 6.32. The standard InChI is InChI=1S/C15H13N3O3S/c16-9-11-1-5-13(6-2-11)22(20,21)14-7-3-12(4-8-14)18-15(19)10-17/h1-8H,10,17H2,(H,18,19). The third-order valence-corrected chi connectivity index (χ3v) is 4.71. The van der Waals surface area contributed by atoms with Crippen LogP contribution in [0.2, 0.25) is 0 Å². The number of nitrogens with zero attached hydrogens (tertiary/aromatic N) is 1. The maximum Gasteiger partial charge on any atom is 0.238 e. The molecule has 0 unspecified atom stereocenters. The number of carbonyl (C=O) groups is 1. The summed E-state index contributed by atoms with van der Waals surface area (Å²) < 4.78 is 24.9. The van der Waals surface area contributed by atoms with Gasteiger partial charge in [-0.25, -0.2) is 8.42 Å². The van der Waals surface area contributed by atoms with Gasteiger partial charge in [-0.2, -0.15) is 5.26 Å². The molecule has 0 spiro atoms. The number of hydrogen-bond acceptors (Lipinski definition) is 5. The summed E-state index contributed by atoms with van der Waals surface area (Å²) in [6, 6.07) is 13.4. The topological polar surface area (TPSA) is 113 Å². The molecule has 0 atom stereocenters. The molecule has 2 aromatic rings. The molecule has 112 valence electrons. The second kappa shape index (κ2) is 6.39. The Balaban J connectivity index is 2.29. The van der Waals surface area contributed by atoms with Gasteiger partial charge in [0, 0.05) is 5.69 Å². The second-order valence-corrected chi connectivity index (χ2v) is 6.37. The van der Waals surface area contributed by atoms with Gasteiger partial charge in [-0.1, -0.05) is 0 Å². The molecular formula is C15H13N3O3S. The number of carbonyl (C=O) groups excluding carboxylic acids is 1. The van der Waals surface area contributed by atoms with Crippen molar-refractivity contribution in [2.24, 2.45) is 5.73 Å². The van der Waals surface area contributed by atoms with E-state index < -0.39 is 9.84 Å². The third-order valence-electron chi connectivity index (χ3n) is 2.93. The minimum absolute atomic E-state index is 0.1000. The number of nitrogens with one attached hydrogen (secondary N) is 1. The number of nitriles is 1. The van der Waals surface area contributed by atoms with Gasteiger partial charge in [-0.15, -0.1) is 0 Å². The number of benzene rings is 2. The van der Waals surface area contributed by atoms with Crippen LogP contribution in [-0.2, 0) is 14.6 Å². The first-order valence-corrected chi connectivity index (χ1v) is 7.81. The predicted octanol–water partition coefficient (Wildman–Crippen LogP) is 1.29. The molecule has 2 rings (SSSR count). The fraction of sp³-hybridized carbons (Fsp3) is 0.0667. The van der Waals surface area contributed by atoms with Crippen LogP contribution >= 0.6 is 0 Å². The summed E-state index contributed by atoms with van der Waals surface area (Å²) in [5.41, 5.74) is 6.04. The van der Waals surface area contributed by atoms with Crippen LogP contribution in [0.4, 0.5) is 5.69 Å². The van der Waals surface area contributed by atoms with Crippen LogP contribution in [0.15, 0.2) is 58.3 Å². The fourth-order valence-corrected chi connectivity index (χ4v) is 3.04. The Labute approximate surface area is 128 Å². The lowest BCUT2D eigenvalue weighted by Gasteiger charge is -2.07. The lowest BCUT2D eigenvalue weighted by molar-refractivity contribution is -0.114. The molecule has 6 nitrogen and oxygen atoms in total. The molecule has 0 saturated carbocycles. The van der Waals surface area contributed by atoms with Gasteiger partial charge in [0.25, 0.3) is 0 Å². The minimum Gasteiger partial charge on any atom is -0.325 e. The van der Waals surface area contributed by atoms with Crippen molar-refractivity contribution < 1.29 is 13.2 Å². The highest BCUT2D eigenvalue weighted by molar-refractivity contribution is 7.91. The Morgan fingerprint density at radius 3 is 2.00 bits per heavy atom. The van der Waals surface area contributed by atoms with Crippen LogP contribution in [-0.4, -0.2) is 20.9 Å². The number of hydrogen-bond donors (Lipinski definition) is 2. The fourth-order valence-electron chi connectivity index (χ4n) is 1.77. The van der Waals surface area contributed by atoms with Crippen molar-refractivity contribution in [1.29, 1.82) is 5.26 Å². The van der Waals surface area contributed by atoms with E-state index >= 15 is 0 Å². The average molecular weight is 315 g/mol. The molecule has 0 aromatic heterocycles. The van der Waals surface area contributed by atoms with Crippen LogP contribution in [0, 0.1) is 11.3 Å². The monoisotopic (exact) mass is 315 g/mol. The highest BCUT2D eigenvalue weighted by Crippen LogP contribution is 2.22. The summed E-state index contributed by atoms with van der Waals surface area (Å²) in [5, 5.41) is 11.3. The Hall–Kier alpha value is -2.69. The zero-order valence-electron chi connectivity index (χ0n) is 11.5. The van der Waals surface area contributed by atoms with E-state index in [1.54, 1.807) is 0 Å². The van der Waals surface area contributed by atoms with Crippen molar-refractivity contribution in [3.05, 3.63) is 54.1 Å². The largest absolute Gasteiger partial charge is 0.325 e. The van der Waals surface area contributed by atoms with E-state index in [0.29, 0.717) is 11.3 Å². The van der Waals surface area contributed by atoms with E-state index in [1.165, 1.54) is 48.5 Å². The Morgan fingerprint density at radius 2 is 1.55 bits per heavy atom. The van der Waals surface area contributed by atoms with Gasteiger partial charge in [-0.3, -0.25) is 4.79 Å². The molecule has 2 aromatic carbocycles. The van der Waals surface area contributed by atoms with Crippen molar-refractivity contribution in [2.75, 3.05) is 11.9 Å². The lowest BCUT2D eigenvalue weighted by atomic mass is 10.2. The average Bonchev–Trinajstić information content (AvgIpc) is 2.55. The summed E-state index contributed by atoms with van der Waals surface area (Å²) in [6.45, 7) is -0.148. The molecule has 0 radical (unpaired) electrons. The zero-order valence-corrected chi connectivity index (χ0v) is 12.3. The summed E-state index contributed by atoms with van der Waals surface area (Å²) in [5.74, 6) is -0.359. The van der Waals surface area contributed by atoms with Crippen LogP contribution in [0.1, 0.15) is 5.56 Å². The predicted molar refractivity (Wildman–Crippen MR) is 80.7 cm³/mol. The first-order chi connectivity index (χ1) is 10.5. The maximum absolute atomic E-state index is 12.4. The zero-order chi connectivity index (χ0) is 16.2. The Kier molecular flexibility index (Phi) is 4.56. The van der Waals surface area contributed by atoms with E-state index in [4.69, 9.17) is 11.0 Å². The normalized spacial score (nSPS) is 10.7. The molecule has 1 amide bonds. The van der Waals surface area contributed by atoms with E-state index in [1.807, 2.05) is 6.07 Å². The molecular weight excluding hydrogens is 302 g/mol. The summed E-state index contributed by atoms with van der Waals surface area (Å²) >= 11 is 0. The molecule has 0 heterocycles. The van der Waals surface area contributed by atoms with Gasteiger partial charge in [0.15, 0.2) is 0 Å². The Bertz CT molecular complexity index is 820. The van der Waals surface area contributed by atoms with Crippen LogP contribution in [0.5, 0.6) is 0 Å². The minimum atomic E-state index is -3.66. The molecule has 0 fully saturated rings. The second-order valence-electron chi connectivity index (χ2n) is 4.42. The molecule has 3 N–H and O–H groups in total. The molecule has 0 aliphatic carbocycles. The number of rotatable bonds is 4. The van der Waals surface area contributed by atoms with Crippen LogP contribution < -0.4 is 11.1 Å². The number of anilines is 1. The van der Waals surface area contributed by atoms with Crippen molar-refractivity contribution in [2.45, 2.75) is 9.79 Å². The van der Waals surface area contributed by atoms with Crippen molar-refractivity contribution in [3.63, 3.8) is 0 Å². The van der Waals surface area contributed by atoms with E-state index in [2.05, 4.69) is 5.32 Å². The van der Waals surface area contributed by atoms with E-state index in [-0.39, 0.29) is 22.2 Å². The van der Waals surface area contributed by atoms with Gasteiger partial charge >= 0.3 is 0 Å². The van der Waals surface area contributed by atoms with Crippen LogP contribution in [0.25, 0.3) is 0 Å². The van der Waals surface area contributed by atoms with Gasteiger partial charge in [0.1, 0.15) is 0 Å². The molecule has 0 saturated heterocycles. The van der Waals surface area contributed by atoms with E-state index in [9.17, 15) is 13.2 Å². The number of sulfone groups is 1. The van der Waals surface area contributed by atoms with Gasteiger partial charge in [0.2, 0.25) is 15.7 Å². The quantitative estimate of drug-likeness (QED) is 0.882. The van der Waals surface area contributed by atoms with Crippen molar-refractivity contribution in [1.82, 2.24) is 0 Å². The van der Waals surface area contributed by atoms with E-state index in [0.717, 1.165) is 0 Å². The highest BCUT2D eigenvalue weighted by Gasteiger charge is 2.17. The van der Waals surface area contributed by atoms with Crippen LogP contribution in [0.3, 0.4) is 0 Å². The SMILES string of the molecule is N#Cc1ccc(S(=O)(=O)c2ccc(NC(=O)CN)cc2)cc1. The Morgan fingerprint density at radius 1 is 1.05 bits per heavy atom. The third kappa shape index (κ3) is 3.31. The maximum atomic E-state index is 12.4. The highest BCUT2D eigenvalue weighted by atomic mass is 32.2. The summed E-state index contributed by atoms with van der Waals surface area (Å²) in [4.78, 5) is 11.4. The van der Waals surface area contributed by atoms with Gasteiger partial charge in [-0.05, 0) is 48.5 Å². The first kappa shape index (κ1) is 15.7. The number of nitrogens with two attached hydrogens (primary N) is 1. The molecule has 7 heteroatoms. The summed E-state index contributed by atoms with van der Waals surface area (Å²) in [6.07, 6.45) is 0. The van der Waals surface area contributed by atoms with Crippen molar-refractivity contribution in [3.8, 4) is 6.07 Å². The molecule has 22 heavy (non-hydrogen) atoms. The van der Waals surface area contributed by atoms with Gasteiger partial charge in [0.05, 0.1) is 28.0 Å². The lowest BCUT2D eigenvalue weighted by Crippen LogP contribution is -2.21. The molecule has 0 bridgehead atoms. The van der Waals surface area contributed by atoms with Crippen molar-refractivity contribution >= 4 is 21.4 Å². The number of amides is 1.